The van der Waals surface area contributed by atoms with Gasteiger partial charge in [-0.2, -0.15) is 0 Å². The van der Waals surface area contributed by atoms with Crippen LogP contribution in [0, 0.1) is 0 Å². The van der Waals surface area contributed by atoms with Gasteiger partial charge in [0.15, 0.2) is 0 Å². The van der Waals surface area contributed by atoms with Crippen LogP contribution in [0.3, 0.4) is 0 Å². The van der Waals surface area contributed by atoms with E-state index in [-0.39, 0.29) is 8.80 Å². The highest BCUT2D eigenvalue weighted by Gasteiger charge is 1.98. The Morgan fingerprint density at radius 2 is 1.06 bits per heavy atom. The third kappa shape index (κ3) is 16.5. The minimum Gasteiger partial charge on any atom is -0.382 e. The van der Waals surface area contributed by atoms with Crippen LogP contribution in [0.1, 0.15) is 20.8 Å². The summed E-state index contributed by atoms with van der Waals surface area (Å²) in [6.07, 6.45) is 0. The molecule has 3 nitrogen and oxygen atoms in total. The average Bonchev–Trinajstić information content (AvgIpc) is 2.32. The number of hydrogen-bond acceptors (Lipinski definition) is 3. The van der Waals surface area contributed by atoms with Gasteiger partial charge in [0.2, 0.25) is 0 Å². The Bertz CT molecular complexity index is 96.9. The van der Waals surface area contributed by atoms with Gasteiger partial charge in [0.05, 0.1) is 26.4 Å². The molecule has 100 valence electrons. The molecule has 0 aliphatic carbocycles. The molecule has 4 heteroatoms. The van der Waals surface area contributed by atoms with Gasteiger partial charge < -0.3 is 14.2 Å². The fourth-order valence-electron chi connectivity index (χ4n) is 1.25. The predicted molar refractivity (Wildman–Crippen MR) is 73.2 cm³/mol. The lowest BCUT2D eigenvalue weighted by Gasteiger charge is -2.03. The van der Waals surface area contributed by atoms with Gasteiger partial charge in [-0.15, -0.1) is 0 Å². The second-order valence-electron chi connectivity index (χ2n) is 3.69. The van der Waals surface area contributed by atoms with Crippen molar-refractivity contribution in [3.63, 3.8) is 0 Å². The normalized spacial score (nSPS) is 10.1. The van der Waals surface area contributed by atoms with Crippen molar-refractivity contribution < 1.29 is 14.2 Å². The standard InChI is InChI=1S/C6H14O3.C6H16Si/c1-7-3-5-9-6-4-8-2;1-4-7(5-2)6-3/h3-6H2,1-2H3;7H,4-6H2,1-3H3. The summed E-state index contributed by atoms with van der Waals surface area (Å²) in [5.74, 6) is 0. The van der Waals surface area contributed by atoms with Crippen molar-refractivity contribution in [3.05, 3.63) is 0 Å². The Balaban J connectivity index is 0. The van der Waals surface area contributed by atoms with Gasteiger partial charge >= 0.3 is 0 Å². The Morgan fingerprint density at radius 3 is 1.25 bits per heavy atom. The molecule has 0 atom stereocenters. The Labute approximate surface area is 103 Å². The van der Waals surface area contributed by atoms with Crippen LogP contribution in [0.15, 0.2) is 0 Å². The first-order valence-electron chi connectivity index (χ1n) is 6.32. The lowest BCUT2D eigenvalue weighted by molar-refractivity contribution is 0.0385. The number of rotatable bonds is 9. The van der Waals surface area contributed by atoms with Crippen LogP contribution in [0.2, 0.25) is 18.1 Å². The molecule has 0 aromatic heterocycles. The molecule has 0 radical (unpaired) electrons. The fourth-order valence-corrected chi connectivity index (χ4v) is 2.98. The van der Waals surface area contributed by atoms with Crippen LogP contribution in [-0.2, 0) is 14.2 Å². The second kappa shape index (κ2) is 17.5. The highest BCUT2D eigenvalue weighted by atomic mass is 28.3. The molecule has 0 aromatic carbocycles. The molecule has 0 aliphatic rings. The molecule has 0 aliphatic heterocycles. The smallest absolute Gasteiger partial charge is 0.0701 e. The lowest BCUT2D eigenvalue weighted by atomic mass is 10.7. The van der Waals surface area contributed by atoms with Crippen LogP contribution in [0.4, 0.5) is 0 Å². The Hall–Kier alpha value is 0.0969. The summed E-state index contributed by atoms with van der Waals surface area (Å²) >= 11 is 0. The van der Waals surface area contributed by atoms with E-state index in [4.69, 9.17) is 14.2 Å². The van der Waals surface area contributed by atoms with E-state index in [1.807, 2.05) is 0 Å². The molecule has 16 heavy (non-hydrogen) atoms. The van der Waals surface area contributed by atoms with Crippen molar-refractivity contribution in [3.8, 4) is 0 Å². The minimum absolute atomic E-state index is 0.171. The summed E-state index contributed by atoms with van der Waals surface area (Å²) in [6, 6.07) is 4.48. The highest BCUT2D eigenvalue weighted by Crippen LogP contribution is 2.01. The highest BCUT2D eigenvalue weighted by molar-refractivity contribution is 6.58. The van der Waals surface area contributed by atoms with Crippen molar-refractivity contribution in [2.45, 2.75) is 38.9 Å². The van der Waals surface area contributed by atoms with Crippen LogP contribution < -0.4 is 0 Å². The summed E-state index contributed by atoms with van der Waals surface area (Å²) in [7, 11) is 3.13. The Morgan fingerprint density at radius 1 is 0.688 bits per heavy atom. The first-order valence-corrected chi connectivity index (χ1v) is 8.77. The second-order valence-corrected chi connectivity index (χ2v) is 7.87. The molecular formula is C12H30O3Si. The summed E-state index contributed by atoms with van der Waals surface area (Å²) in [6.45, 7) is 9.59. The fraction of sp³-hybridized carbons (Fsp3) is 1.00. The largest absolute Gasteiger partial charge is 0.382 e. The maximum absolute atomic E-state index is 5.06. The van der Waals surface area contributed by atoms with Gasteiger partial charge in [-0.25, -0.2) is 0 Å². The average molecular weight is 250 g/mol. The van der Waals surface area contributed by atoms with Gasteiger partial charge in [-0.3, -0.25) is 0 Å². The molecule has 0 spiro atoms. The summed E-state index contributed by atoms with van der Waals surface area (Å²) < 4.78 is 14.6. The zero-order chi connectivity index (χ0) is 12.6. The molecule has 0 saturated carbocycles. The van der Waals surface area contributed by atoms with E-state index in [9.17, 15) is 0 Å². The van der Waals surface area contributed by atoms with Gasteiger partial charge in [0.25, 0.3) is 0 Å². The Kier molecular flexibility index (Phi) is 20.2. The van der Waals surface area contributed by atoms with E-state index < -0.39 is 0 Å². The van der Waals surface area contributed by atoms with Crippen LogP contribution in [-0.4, -0.2) is 49.4 Å². The van der Waals surface area contributed by atoms with Gasteiger partial charge in [-0.1, -0.05) is 38.9 Å². The van der Waals surface area contributed by atoms with Gasteiger partial charge in [-0.05, 0) is 0 Å². The monoisotopic (exact) mass is 250 g/mol. The number of ether oxygens (including phenoxy) is 3. The molecule has 0 N–H and O–H groups in total. The first-order chi connectivity index (χ1) is 7.76. The first kappa shape index (κ1) is 18.5. The molecule has 0 unspecified atom stereocenters. The van der Waals surface area contributed by atoms with Gasteiger partial charge in [0.1, 0.15) is 0 Å². The van der Waals surface area contributed by atoms with Crippen molar-refractivity contribution in [2.75, 3.05) is 40.6 Å². The van der Waals surface area contributed by atoms with Crippen molar-refractivity contribution in [2.24, 2.45) is 0 Å². The van der Waals surface area contributed by atoms with E-state index in [2.05, 4.69) is 20.8 Å². The minimum atomic E-state index is -0.171. The summed E-state index contributed by atoms with van der Waals surface area (Å²) in [5, 5.41) is 0. The van der Waals surface area contributed by atoms with Crippen molar-refractivity contribution >= 4 is 8.80 Å². The maximum atomic E-state index is 5.06. The van der Waals surface area contributed by atoms with Crippen LogP contribution in [0.5, 0.6) is 0 Å². The topological polar surface area (TPSA) is 27.7 Å². The quantitative estimate of drug-likeness (QED) is 0.465. The van der Waals surface area contributed by atoms with E-state index >= 15 is 0 Å². The molecule has 0 amide bonds. The predicted octanol–water partition coefficient (Wildman–Crippen LogP) is 2.57. The van der Waals surface area contributed by atoms with Crippen molar-refractivity contribution in [1.82, 2.24) is 0 Å². The van der Waals surface area contributed by atoms with Gasteiger partial charge in [0, 0.05) is 23.0 Å². The molecule has 0 aromatic rings. The lowest BCUT2D eigenvalue weighted by Crippen LogP contribution is -2.06. The number of methoxy groups -OCH3 is 2. The van der Waals surface area contributed by atoms with Crippen LogP contribution >= 0.6 is 0 Å². The molecule has 0 fully saturated rings. The van der Waals surface area contributed by atoms with E-state index in [1.165, 1.54) is 18.1 Å². The maximum Gasteiger partial charge on any atom is 0.0701 e. The summed E-state index contributed by atoms with van der Waals surface area (Å²) in [5.41, 5.74) is 0. The van der Waals surface area contributed by atoms with E-state index in [1.54, 1.807) is 14.2 Å². The third-order valence-corrected chi connectivity index (χ3v) is 6.06. The number of hydrogen-bond donors (Lipinski definition) is 0. The van der Waals surface area contributed by atoms with Crippen molar-refractivity contribution in [1.29, 1.82) is 0 Å². The zero-order valence-electron chi connectivity index (χ0n) is 11.8. The molecule has 0 bridgehead atoms. The van der Waals surface area contributed by atoms with Crippen LogP contribution in [0.25, 0.3) is 0 Å². The molecule has 0 saturated heterocycles. The SMILES string of the molecule is CC[SiH](CC)CC.COCCOCCOC. The molecular weight excluding hydrogens is 220 g/mol. The third-order valence-electron chi connectivity index (χ3n) is 2.60. The molecule has 0 rings (SSSR count). The van der Waals surface area contributed by atoms with E-state index in [0.29, 0.717) is 26.4 Å². The van der Waals surface area contributed by atoms with E-state index in [0.717, 1.165) is 0 Å². The molecule has 0 heterocycles. The zero-order valence-corrected chi connectivity index (χ0v) is 12.9. The summed E-state index contributed by atoms with van der Waals surface area (Å²) in [4.78, 5) is 0.